The summed E-state index contributed by atoms with van der Waals surface area (Å²) >= 11 is 5.93. The zero-order valence-electron chi connectivity index (χ0n) is 20.3. The Kier molecular flexibility index (Phi) is 7.90. The van der Waals surface area contributed by atoms with Gasteiger partial charge < -0.3 is 14.9 Å². The second-order valence-electron chi connectivity index (χ2n) is 8.97. The number of benzene rings is 2. The van der Waals surface area contributed by atoms with Crippen LogP contribution in [0.4, 0.5) is 21.6 Å². The molecule has 4 aromatic rings. The van der Waals surface area contributed by atoms with E-state index in [1.165, 1.54) is 18.5 Å². The Morgan fingerprint density at radius 3 is 2.65 bits per heavy atom. The fourth-order valence-electron chi connectivity index (χ4n) is 4.17. The second kappa shape index (κ2) is 11.5. The fraction of sp³-hybridized carbons (Fsp3) is 0.269. The number of rotatable bonds is 8. The Hall–Kier alpha value is -3.18. The third-order valence-corrected chi connectivity index (χ3v) is 7.62. The van der Waals surface area contributed by atoms with Crippen LogP contribution >= 0.6 is 11.6 Å². The lowest BCUT2D eigenvalue weighted by Gasteiger charge is -2.32. The van der Waals surface area contributed by atoms with Crippen molar-refractivity contribution in [2.24, 2.45) is 0 Å². The van der Waals surface area contributed by atoms with Crippen LogP contribution in [0.25, 0.3) is 22.0 Å². The SMILES string of the molecule is CN1CCN(CCS(=O)Nc2cncc(-c3ccc4ncnc(Nc5ccc(F)c(Cl)c5)c4c3)c2)CC1. The van der Waals surface area contributed by atoms with Crippen molar-refractivity contribution in [2.75, 3.05) is 55.6 Å². The van der Waals surface area contributed by atoms with Crippen molar-refractivity contribution in [3.63, 3.8) is 0 Å². The van der Waals surface area contributed by atoms with Gasteiger partial charge in [0.1, 0.15) is 28.9 Å². The predicted molar refractivity (Wildman–Crippen MR) is 148 cm³/mol. The molecule has 2 aromatic heterocycles. The molecular formula is C26H27ClFN7OS. The maximum absolute atomic E-state index is 13.6. The zero-order valence-corrected chi connectivity index (χ0v) is 21.9. The number of halogens is 2. The molecule has 192 valence electrons. The maximum atomic E-state index is 13.6. The third kappa shape index (κ3) is 6.40. The molecule has 0 radical (unpaired) electrons. The predicted octanol–water partition coefficient (Wildman–Crippen LogP) is 4.55. The van der Waals surface area contributed by atoms with Crippen LogP contribution in [-0.4, -0.2) is 74.5 Å². The van der Waals surface area contributed by atoms with Crippen molar-refractivity contribution >= 4 is 50.7 Å². The van der Waals surface area contributed by atoms with Gasteiger partial charge in [0.05, 0.1) is 28.2 Å². The van der Waals surface area contributed by atoms with Crippen molar-refractivity contribution in [3.8, 4) is 11.1 Å². The lowest BCUT2D eigenvalue weighted by molar-refractivity contribution is 0.161. The van der Waals surface area contributed by atoms with E-state index in [4.69, 9.17) is 11.6 Å². The number of fused-ring (bicyclic) bond motifs is 1. The van der Waals surface area contributed by atoms with Gasteiger partial charge in [-0.2, -0.15) is 0 Å². The molecule has 5 rings (SSSR count). The van der Waals surface area contributed by atoms with Crippen LogP contribution in [0.1, 0.15) is 0 Å². The van der Waals surface area contributed by atoms with Gasteiger partial charge in [0.2, 0.25) is 0 Å². The van der Waals surface area contributed by atoms with Crippen molar-refractivity contribution in [1.82, 2.24) is 24.8 Å². The number of anilines is 3. The highest BCUT2D eigenvalue weighted by Gasteiger charge is 2.15. The Morgan fingerprint density at radius 2 is 1.84 bits per heavy atom. The van der Waals surface area contributed by atoms with Crippen molar-refractivity contribution < 1.29 is 8.60 Å². The molecule has 0 spiro atoms. The summed E-state index contributed by atoms with van der Waals surface area (Å²) in [5.74, 6) is 0.633. The summed E-state index contributed by atoms with van der Waals surface area (Å²) in [6.07, 6.45) is 4.90. The molecule has 37 heavy (non-hydrogen) atoms. The molecule has 8 nitrogen and oxygen atoms in total. The third-order valence-electron chi connectivity index (χ3n) is 6.31. The molecule has 1 atom stereocenters. The molecule has 0 aliphatic carbocycles. The van der Waals surface area contributed by atoms with Gasteiger partial charge in [-0.1, -0.05) is 17.7 Å². The van der Waals surface area contributed by atoms with E-state index in [1.807, 2.05) is 24.3 Å². The van der Waals surface area contributed by atoms with Crippen LogP contribution in [0, 0.1) is 5.82 Å². The molecule has 1 aliphatic rings. The number of nitrogens with one attached hydrogen (secondary N) is 2. The van der Waals surface area contributed by atoms with Crippen LogP contribution in [0.5, 0.6) is 0 Å². The minimum atomic E-state index is -1.21. The monoisotopic (exact) mass is 539 g/mol. The van der Waals surface area contributed by atoms with E-state index in [1.54, 1.807) is 18.5 Å². The van der Waals surface area contributed by atoms with Crippen molar-refractivity contribution in [1.29, 1.82) is 0 Å². The first kappa shape index (κ1) is 25.5. The molecule has 2 N–H and O–H groups in total. The van der Waals surface area contributed by atoms with E-state index in [2.05, 4.69) is 41.8 Å². The number of piperazine rings is 1. The van der Waals surface area contributed by atoms with Gasteiger partial charge in [0.15, 0.2) is 0 Å². The highest BCUT2D eigenvalue weighted by Crippen LogP contribution is 2.30. The lowest BCUT2D eigenvalue weighted by Crippen LogP contribution is -2.45. The highest BCUT2D eigenvalue weighted by atomic mass is 35.5. The minimum absolute atomic E-state index is 0.0281. The summed E-state index contributed by atoms with van der Waals surface area (Å²) in [5.41, 5.74) is 3.83. The van der Waals surface area contributed by atoms with Gasteiger partial charge in [0.25, 0.3) is 0 Å². The first-order chi connectivity index (χ1) is 17.9. The largest absolute Gasteiger partial charge is 0.340 e. The number of aromatic nitrogens is 3. The van der Waals surface area contributed by atoms with E-state index in [0.717, 1.165) is 54.8 Å². The Bertz CT molecular complexity index is 1430. The number of hydrogen-bond acceptors (Lipinski definition) is 7. The van der Waals surface area contributed by atoms with Crippen LogP contribution in [0.3, 0.4) is 0 Å². The molecule has 0 amide bonds. The summed E-state index contributed by atoms with van der Waals surface area (Å²) in [6.45, 7) is 4.87. The summed E-state index contributed by atoms with van der Waals surface area (Å²) in [7, 11) is 0.912. The average molecular weight is 540 g/mol. The minimum Gasteiger partial charge on any atom is -0.340 e. The highest BCUT2D eigenvalue weighted by molar-refractivity contribution is 7.86. The average Bonchev–Trinajstić information content (AvgIpc) is 2.90. The quantitative estimate of drug-likeness (QED) is 0.340. The fourth-order valence-corrected chi connectivity index (χ4v) is 5.25. The number of nitrogens with zero attached hydrogens (tertiary/aromatic N) is 5. The number of hydrogen-bond donors (Lipinski definition) is 2. The van der Waals surface area contributed by atoms with E-state index in [9.17, 15) is 8.60 Å². The standard InChI is InChI=1S/C26H27ClFN7OS/c1-34-6-8-35(9-7-34)10-11-37(36)33-21-12-19(15-29-16-21)18-2-5-25-22(13-18)26(31-17-30-25)32-20-3-4-24(28)23(27)14-20/h2-5,12-17,33H,6-11H2,1H3,(H,30,31,32). The van der Waals surface area contributed by atoms with Gasteiger partial charge in [0, 0.05) is 55.6 Å². The summed E-state index contributed by atoms with van der Waals surface area (Å²) in [4.78, 5) is 17.7. The molecule has 1 unspecified atom stereocenters. The molecule has 2 aromatic carbocycles. The summed E-state index contributed by atoms with van der Waals surface area (Å²) in [6, 6.07) is 12.2. The Balaban J connectivity index is 1.31. The molecule has 0 bridgehead atoms. The van der Waals surface area contributed by atoms with Crippen LogP contribution in [0.15, 0.2) is 61.2 Å². The maximum Gasteiger partial charge on any atom is 0.141 e. The lowest BCUT2D eigenvalue weighted by atomic mass is 10.0. The first-order valence-electron chi connectivity index (χ1n) is 11.9. The number of pyridine rings is 1. The Morgan fingerprint density at radius 1 is 1.00 bits per heavy atom. The van der Waals surface area contributed by atoms with E-state index in [0.29, 0.717) is 22.9 Å². The first-order valence-corrected chi connectivity index (χ1v) is 13.6. The van der Waals surface area contributed by atoms with Gasteiger partial charge in [-0.25, -0.2) is 18.6 Å². The Labute approximate surface area is 222 Å². The summed E-state index contributed by atoms with van der Waals surface area (Å²) in [5, 5.41) is 4.01. The normalized spacial score (nSPS) is 15.5. The van der Waals surface area contributed by atoms with Crippen LogP contribution < -0.4 is 10.0 Å². The molecule has 1 aliphatic heterocycles. The van der Waals surface area contributed by atoms with Crippen molar-refractivity contribution in [3.05, 3.63) is 72.0 Å². The van der Waals surface area contributed by atoms with Crippen LogP contribution in [-0.2, 0) is 11.0 Å². The second-order valence-corrected chi connectivity index (χ2v) is 10.7. The molecule has 0 saturated carbocycles. The smallest absolute Gasteiger partial charge is 0.141 e. The summed E-state index contributed by atoms with van der Waals surface area (Å²) < 4.78 is 29.3. The van der Waals surface area contributed by atoms with E-state index < -0.39 is 16.8 Å². The number of likely N-dealkylation sites (N-methyl/N-ethyl adjacent to an activating group) is 1. The molecular weight excluding hydrogens is 513 g/mol. The molecule has 3 heterocycles. The van der Waals surface area contributed by atoms with E-state index in [-0.39, 0.29) is 5.02 Å². The van der Waals surface area contributed by atoms with Gasteiger partial charge >= 0.3 is 0 Å². The van der Waals surface area contributed by atoms with Gasteiger partial charge in [-0.15, -0.1) is 0 Å². The van der Waals surface area contributed by atoms with Crippen molar-refractivity contribution in [2.45, 2.75) is 0 Å². The van der Waals surface area contributed by atoms with Gasteiger partial charge in [-0.05, 0) is 49.0 Å². The van der Waals surface area contributed by atoms with E-state index >= 15 is 0 Å². The zero-order chi connectivity index (χ0) is 25.8. The molecule has 11 heteroatoms. The topological polar surface area (TPSA) is 86.3 Å². The van der Waals surface area contributed by atoms with Gasteiger partial charge in [-0.3, -0.25) is 9.88 Å². The van der Waals surface area contributed by atoms with Crippen LogP contribution in [0.2, 0.25) is 5.02 Å². The molecule has 1 saturated heterocycles. The molecule has 1 fully saturated rings.